The molecule has 1 atom stereocenters. The molecule has 1 fully saturated rings. The standard InChI is InChI=1S/C12H14F3N5O2/c13-12(14,15)8(21)5-20-7-18-9-10(16-6-17-11(9)20)19-1-3-22-4-2-19/h6-8,21H,1-5H2. The molecule has 0 bridgehead atoms. The van der Waals surface area contributed by atoms with Crippen molar-refractivity contribution in [2.45, 2.75) is 18.8 Å². The van der Waals surface area contributed by atoms with Crippen LogP contribution in [-0.2, 0) is 11.3 Å². The molecular formula is C12H14F3N5O2. The third-order valence-electron chi connectivity index (χ3n) is 3.44. The quantitative estimate of drug-likeness (QED) is 0.893. The molecule has 1 saturated heterocycles. The summed E-state index contributed by atoms with van der Waals surface area (Å²) in [4.78, 5) is 14.2. The first-order valence-electron chi connectivity index (χ1n) is 6.70. The van der Waals surface area contributed by atoms with Crippen molar-refractivity contribution >= 4 is 17.0 Å². The molecule has 3 rings (SSSR count). The molecule has 0 aliphatic carbocycles. The van der Waals surface area contributed by atoms with Crippen LogP contribution in [0.4, 0.5) is 19.0 Å². The number of nitrogens with zero attached hydrogens (tertiary/aromatic N) is 5. The zero-order valence-electron chi connectivity index (χ0n) is 11.5. The Balaban J connectivity index is 1.91. The first-order chi connectivity index (χ1) is 10.5. The number of hydrogen-bond donors (Lipinski definition) is 1. The van der Waals surface area contributed by atoms with Crippen molar-refractivity contribution in [3.63, 3.8) is 0 Å². The maximum absolute atomic E-state index is 12.5. The number of halogens is 3. The highest BCUT2D eigenvalue weighted by molar-refractivity contribution is 5.83. The van der Waals surface area contributed by atoms with Gasteiger partial charge in [0.25, 0.3) is 0 Å². The molecule has 7 nitrogen and oxygen atoms in total. The minimum Gasteiger partial charge on any atom is -0.382 e. The van der Waals surface area contributed by atoms with Gasteiger partial charge in [-0.25, -0.2) is 15.0 Å². The maximum Gasteiger partial charge on any atom is 0.416 e. The van der Waals surface area contributed by atoms with E-state index in [1.54, 1.807) is 0 Å². The Hall–Kier alpha value is -1.94. The molecule has 0 amide bonds. The van der Waals surface area contributed by atoms with Crippen LogP contribution in [0.25, 0.3) is 11.2 Å². The lowest BCUT2D eigenvalue weighted by atomic mass is 10.3. The molecule has 0 aromatic carbocycles. The Kier molecular flexibility index (Phi) is 3.87. The van der Waals surface area contributed by atoms with Gasteiger partial charge in [-0.15, -0.1) is 0 Å². The number of imidazole rings is 1. The second-order valence-electron chi connectivity index (χ2n) is 4.92. The van der Waals surface area contributed by atoms with E-state index in [0.29, 0.717) is 37.6 Å². The highest BCUT2D eigenvalue weighted by Crippen LogP contribution is 2.25. The molecule has 22 heavy (non-hydrogen) atoms. The summed E-state index contributed by atoms with van der Waals surface area (Å²) in [7, 11) is 0. The summed E-state index contributed by atoms with van der Waals surface area (Å²) in [6.45, 7) is 1.71. The molecule has 3 heterocycles. The molecule has 120 valence electrons. The van der Waals surface area contributed by atoms with Crippen LogP contribution in [0, 0.1) is 0 Å². The van der Waals surface area contributed by atoms with Gasteiger partial charge in [-0.1, -0.05) is 0 Å². The van der Waals surface area contributed by atoms with E-state index in [2.05, 4.69) is 15.0 Å². The number of alkyl halides is 3. The van der Waals surface area contributed by atoms with E-state index in [1.165, 1.54) is 17.2 Å². The van der Waals surface area contributed by atoms with Gasteiger partial charge < -0.3 is 19.3 Å². The average molecular weight is 317 g/mol. The van der Waals surface area contributed by atoms with Gasteiger partial charge in [-0.05, 0) is 0 Å². The minimum atomic E-state index is -4.68. The van der Waals surface area contributed by atoms with E-state index in [-0.39, 0.29) is 5.65 Å². The lowest BCUT2D eigenvalue weighted by Crippen LogP contribution is -2.37. The molecule has 10 heteroatoms. The fourth-order valence-corrected chi connectivity index (χ4v) is 2.30. The summed E-state index contributed by atoms with van der Waals surface area (Å²) in [6, 6.07) is 0. The third-order valence-corrected chi connectivity index (χ3v) is 3.44. The van der Waals surface area contributed by atoms with Crippen LogP contribution in [0.1, 0.15) is 0 Å². The van der Waals surface area contributed by atoms with E-state index < -0.39 is 18.8 Å². The highest BCUT2D eigenvalue weighted by Gasteiger charge is 2.38. The number of morpholine rings is 1. The zero-order valence-corrected chi connectivity index (χ0v) is 11.5. The summed E-state index contributed by atoms with van der Waals surface area (Å²) < 4.78 is 43.9. The smallest absolute Gasteiger partial charge is 0.382 e. The van der Waals surface area contributed by atoms with Crippen molar-refractivity contribution in [3.05, 3.63) is 12.7 Å². The zero-order chi connectivity index (χ0) is 15.7. The van der Waals surface area contributed by atoms with Crippen molar-refractivity contribution in [1.82, 2.24) is 19.5 Å². The Labute approximate surface area is 123 Å². The molecule has 2 aromatic rings. The molecule has 1 aliphatic heterocycles. The van der Waals surface area contributed by atoms with Crippen LogP contribution in [0.15, 0.2) is 12.7 Å². The molecule has 1 unspecified atom stereocenters. The van der Waals surface area contributed by atoms with Crippen LogP contribution in [0.3, 0.4) is 0 Å². The molecule has 0 radical (unpaired) electrons. The maximum atomic E-state index is 12.5. The van der Waals surface area contributed by atoms with E-state index in [1.807, 2.05) is 4.90 Å². The van der Waals surface area contributed by atoms with Crippen molar-refractivity contribution in [2.24, 2.45) is 0 Å². The van der Waals surface area contributed by atoms with Crippen LogP contribution in [0.2, 0.25) is 0 Å². The third kappa shape index (κ3) is 2.83. The number of aliphatic hydroxyl groups excluding tert-OH is 1. The number of hydrogen-bond acceptors (Lipinski definition) is 6. The summed E-state index contributed by atoms with van der Waals surface area (Å²) in [5.41, 5.74) is 0.679. The molecule has 0 saturated carbocycles. The number of ether oxygens (including phenoxy) is 1. The van der Waals surface area contributed by atoms with E-state index >= 15 is 0 Å². The molecule has 1 N–H and O–H groups in total. The second-order valence-corrected chi connectivity index (χ2v) is 4.92. The predicted molar refractivity (Wildman–Crippen MR) is 70.4 cm³/mol. The Morgan fingerprint density at radius 1 is 1.23 bits per heavy atom. The summed E-state index contributed by atoms with van der Waals surface area (Å²) >= 11 is 0. The van der Waals surface area contributed by atoms with E-state index in [4.69, 9.17) is 4.74 Å². The van der Waals surface area contributed by atoms with Gasteiger partial charge in [0.1, 0.15) is 6.33 Å². The van der Waals surface area contributed by atoms with Crippen LogP contribution < -0.4 is 4.90 Å². The van der Waals surface area contributed by atoms with E-state index in [9.17, 15) is 18.3 Å². The van der Waals surface area contributed by atoms with Gasteiger partial charge in [0.15, 0.2) is 23.1 Å². The normalized spacial score (nSPS) is 17.9. The van der Waals surface area contributed by atoms with Gasteiger partial charge in [0.05, 0.1) is 26.1 Å². The Morgan fingerprint density at radius 3 is 2.64 bits per heavy atom. The van der Waals surface area contributed by atoms with Gasteiger partial charge in [0, 0.05) is 13.1 Å². The fraction of sp³-hybridized carbons (Fsp3) is 0.583. The molecule has 1 aliphatic rings. The first kappa shape index (κ1) is 15.0. The van der Waals surface area contributed by atoms with Crippen LogP contribution in [0.5, 0.6) is 0 Å². The second kappa shape index (κ2) is 5.69. The Morgan fingerprint density at radius 2 is 1.95 bits per heavy atom. The van der Waals surface area contributed by atoms with Gasteiger partial charge in [-0.2, -0.15) is 13.2 Å². The van der Waals surface area contributed by atoms with Gasteiger partial charge in [0.2, 0.25) is 0 Å². The van der Waals surface area contributed by atoms with Crippen molar-refractivity contribution < 1.29 is 23.0 Å². The van der Waals surface area contributed by atoms with Crippen LogP contribution >= 0.6 is 0 Å². The lowest BCUT2D eigenvalue weighted by molar-refractivity contribution is -0.207. The SMILES string of the molecule is OC(Cn1cnc2c(N3CCOCC3)ncnc21)C(F)(F)F. The molecular weight excluding hydrogens is 303 g/mol. The number of aliphatic hydroxyl groups is 1. The summed E-state index contributed by atoms with van der Waals surface area (Å²) in [6.07, 6.45) is -4.63. The number of fused-ring (bicyclic) bond motifs is 1. The van der Waals surface area contributed by atoms with Crippen molar-refractivity contribution in [1.29, 1.82) is 0 Å². The molecule has 2 aromatic heterocycles. The minimum absolute atomic E-state index is 0.264. The first-order valence-corrected chi connectivity index (χ1v) is 6.70. The van der Waals surface area contributed by atoms with Crippen molar-refractivity contribution in [3.8, 4) is 0 Å². The highest BCUT2D eigenvalue weighted by atomic mass is 19.4. The van der Waals surface area contributed by atoms with Gasteiger partial charge in [-0.3, -0.25) is 0 Å². The monoisotopic (exact) mass is 317 g/mol. The lowest BCUT2D eigenvalue weighted by Gasteiger charge is -2.27. The number of anilines is 1. The fourth-order valence-electron chi connectivity index (χ4n) is 2.30. The predicted octanol–water partition coefficient (Wildman–Crippen LogP) is 0.586. The van der Waals surface area contributed by atoms with Gasteiger partial charge >= 0.3 is 6.18 Å². The number of rotatable bonds is 3. The molecule has 0 spiro atoms. The van der Waals surface area contributed by atoms with Crippen LogP contribution in [-0.4, -0.2) is 63.2 Å². The topological polar surface area (TPSA) is 76.3 Å². The Bertz CT molecular complexity index is 654. The average Bonchev–Trinajstić information content (AvgIpc) is 2.90. The summed E-state index contributed by atoms with van der Waals surface area (Å²) in [5, 5.41) is 9.19. The van der Waals surface area contributed by atoms with E-state index in [0.717, 1.165) is 0 Å². The summed E-state index contributed by atoms with van der Waals surface area (Å²) in [5.74, 6) is 0.563. The largest absolute Gasteiger partial charge is 0.416 e. The number of aromatic nitrogens is 4. The van der Waals surface area contributed by atoms with Crippen molar-refractivity contribution in [2.75, 3.05) is 31.2 Å².